The van der Waals surface area contributed by atoms with Crippen molar-refractivity contribution in [3.05, 3.63) is 12.7 Å². The average Bonchev–Trinajstić information content (AvgIpc) is 3.00. The molecule has 2 rings (SSSR count). The van der Waals surface area contributed by atoms with Gasteiger partial charge in [-0.25, -0.2) is 4.31 Å². The fourth-order valence-electron chi connectivity index (χ4n) is 1.82. The predicted molar refractivity (Wildman–Crippen MR) is 56.6 cm³/mol. The Hall–Kier alpha value is -0.920. The number of amides is 1. The molecule has 2 aliphatic rings. The normalized spacial score (nSPS) is 33.2. The second-order valence-electron chi connectivity index (χ2n) is 4.40. The molecule has 0 unspecified atom stereocenters. The Balaban J connectivity index is 2.23. The van der Waals surface area contributed by atoms with Gasteiger partial charge in [0.2, 0.25) is 0 Å². The summed E-state index contributed by atoms with van der Waals surface area (Å²) in [6, 6.07) is -0.422. The first kappa shape index (κ1) is 11.6. The van der Waals surface area contributed by atoms with Crippen LogP contribution in [0.3, 0.4) is 0 Å². The van der Waals surface area contributed by atoms with Crippen LogP contribution in [-0.2, 0) is 15.1 Å². The SMILES string of the molecule is C=C[C@@H]1C[C@]1(N)C(=O)N(C1CC1)S(=O)(=O)O. The molecule has 2 fully saturated rings. The molecule has 90 valence electrons. The lowest BCUT2D eigenvalue weighted by molar-refractivity contribution is -0.129. The average molecular weight is 246 g/mol. The van der Waals surface area contributed by atoms with E-state index in [2.05, 4.69) is 6.58 Å². The zero-order valence-electron chi connectivity index (χ0n) is 8.67. The van der Waals surface area contributed by atoms with Crippen LogP contribution in [0.2, 0.25) is 0 Å². The predicted octanol–water partition coefficient (Wildman–Crippen LogP) is -0.316. The zero-order valence-corrected chi connectivity index (χ0v) is 9.48. The van der Waals surface area contributed by atoms with Crippen LogP contribution in [-0.4, -0.2) is 34.8 Å². The van der Waals surface area contributed by atoms with E-state index in [0.717, 1.165) is 0 Å². The highest BCUT2D eigenvalue weighted by Crippen LogP contribution is 2.45. The van der Waals surface area contributed by atoms with Crippen LogP contribution < -0.4 is 5.73 Å². The van der Waals surface area contributed by atoms with Gasteiger partial charge >= 0.3 is 10.3 Å². The molecule has 0 spiro atoms. The monoisotopic (exact) mass is 246 g/mol. The first-order valence-electron chi connectivity index (χ1n) is 5.03. The molecule has 0 radical (unpaired) electrons. The fraction of sp³-hybridized carbons (Fsp3) is 0.667. The lowest BCUT2D eigenvalue weighted by Crippen LogP contribution is -2.50. The van der Waals surface area contributed by atoms with E-state index in [-0.39, 0.29) is 5.92 Å². The van der Waals surface area contributed by atoms with E-state index in [1.165, 1.54) is 6.08 Å². The van der Waals surface area contributed by atoms with Crippen molar-refractivity contribution in [1.82, 2.24) is 4.31 Å². The summed E-state index contributed by atoms with van der Waals surface area (Å²) in [5, 5.41) is 0. The molecule has 16 heavy (non-hydrogen) atoms. The van der Waals surface area contributed by atoms with E-state index >= 15 is 0 Å². The summed E-state index contributed by atoms with van der Waals surface area (Å²) in [6.07, 6.45) is 3.09. The summed E-state index contributed by atoms with van der Waals surface area (Å²) in [6.45, 7) is 3.52. The second-order valence-corrected chi connectivity index (χ2v) is 5.69. The third kappa shape index (κ3) is 1.74. The minimum absolute atomic E-state index is 0.206. The van der Waals surface area contributed by atoms with Crippen LogP contribution in [0.15, 0.2) is 12.7 Å². The van der Waals surface area contributed by atoms with Crippen LogP contribution in [0.5, 0.6) is 0 Å². The van der Waals surface area contributed by atoms with Crippen molar-refractivity contribution in [2.75, 3.05) is 0 Å². The molecule has 2 atom stereocenters. The highest BCUT2D eigenvalue weighted by Gasteiger charge is 2.60. The van der Waals surface area contributed by atoms with Gasteiger partial charge in [0.1, 0.15) is 5.54 Å². The molecular weight excluding hydrogens is 232 g/mol. The molecule has 3 N–H and O–H groups in total. The Morgan fingerprint density at radius 2 is 2.12 bits per heavy atom. The number of hydrogen-bond donors (Lipinski definition) is 2. The molecule has 0 saturated heterocycles. The van der Waals surface area contributed by atoms with Crippen molar-refractivity contribution in [3.8, 4) is 0 Å². The number of carbonyl (C=O) groups is 1. The molecular formula is C9H14N2O4S. The van der Waals surface area contributed by atoms with Gasteiger partial charge < -0.3 is 5.73 Å². The van der Waals surface area contributed by atoms with Crippen molar-refractivity contribution in [1.29, 1.82) is 0 Å². The Labute approximate surface area is 94.0 Å². The summed E-state index contributed by atoms with van der Waals surface area (Å²) in [5.41, 5.74) is 4.58. The molecule has 0 aromatic heterocycles. The standard InChI is InChI=1S/C9H14N2O4S/c1-2-6-5-9(6,10)8(12)11(7-3-4-7)16(13,14)15/h2,6-7H,1,3-5,10H2,(H,13,14,15)/t6-,9-/m1/s1. The van der Waals surface area contributed by atoms with Crippen LogP contribution in [0.4, 0.5) is 0 Å². The van der Waals surface area contributed by atoms with E-state index < -0.39 is 27.8 Å². The molecule has 0 aliphatic heterocycles. The van der Waals surface area contributed by atoms with Gasteiger partial charge in [0.05, 0.1) is 6.04 Å². The highest BCUT2D eigenvalue weighted by atomic mass is 32.2. The first-order valence-corrected chi connectivity index (χ1v) is 6.43. The van der Waals surface area contributed by atoms with Gasteiger partial charge in [-0.15, -0.1) is 6.58 Å². The van der Waals surface area contributed by atoms with Crippen molar-refractivity contribution in [2.45, 2.75) is 30.8 Å². The minimum atomic E-state index is -4.51. The smallest absolute Gasteiger partial charge is 0.317 e. The van der Waals surface area contributed by atoms with Gasteiger partial charge in [-0.05, 0) is 19.3 Å². The van der Waals surface area contributed by atoms with Crippen molar-refractivity contribution < 1.29 is 17.8 Å². The molecule has 0 heterocycles. The number of nitrogens with zero attached hydrogens (tertiary/aromatic N) is 1. The Morgan fingerprint density at radius 3 is 2.44 bits per heavy atom. The van der Waals surface area contributed by atoms with E-state index in [1.54, 1.807) is 0 Å². The molecule has 2 aliphatic carbocycles. The quantitative estimate of drug-likeness (QED) is 0.523. The van der Waals surface area contributed by atoms with Gasteiger partial charge in [0.25, 0.3) is 5.91 Å². The largest absolute Gasteiger partial charge is 0.362 e. The van der Waals surface area contributed by atoms with E-state index in [9.17, 15) is 13.2 Å². The summed E-state index contributed by atoms with van der Waals surface area (Å²) in [7, 11) is -4.51. The second kappa shape index (κ2) is 3.28. The maximum atomic E-state index is 11.9. The maximum Gasteiger partial charge on any atom is 0.362 e. The molecule has 1 amide bonds. The molecule has 7 heteroatoms. The third-order valence-corrected chi connectivity index (χ3v) is 4.03. The van der Waals surface area contributed by atoms with Gasteiger partial charge in [-0.3, -0.25) is 9.35 Å². The lowest BCUT2D eigenvalue weighted by Gasteiger charge is -2.22. The summed E-state index contributed by atoms with van der Waals surface area (Å²) in [5.74, 6) is -0.926. The maximum absolute atomic E-state index is 11.9. The number of nitrogens with two attached hydrogens (primary N) is 1. The topological polar surface area (TPSA) is 101 Å². The zero-order chi connectivity index (χ0) is 12.1. The Bertz CT molecular complexity index is 442. The van der Waals surface area contributed by atoms with Crippen molar-refractivity contribution in [2.24, 2.45) is 11.7 Å². The van der Waals surface area contributed by atoms with E-state index in [4.69, 9.17) is 10.3 Å². The van der Waals surface area contributed by atoms with Crippen LogP contribution in [0.25, 0.3) is 0 Å². The Morgan fingerprint density at radius 1 is 1.56 bits per heavy atom. The summed E-state index contributed by atoms with van der Waals surface area (Å²) >= 11 is 0. The van der Waals surface area contributed by atoms with Crippen LogP contribution in [0, 0.1) is 5.92 Å². The molecule has 0 aromatic carbocycles. The highest BCUT2D eigenvalue weighted by molar-refractivity contribution is 7.84. The van der Waals surface area contributed by atoms with Crippen molar-refractivity contribution >= 4 is 16.2 Å². The van der Waals surface area contributed by atoms with Gasteiger partial charge in [0.15, 0.2) is 0 Å². The number of rotatable bonds is 4. The van der Waals surface area contributed by atoms with Crippen LogP contribution >= 0.6 is 0 Å². The van der Waals surface area contributed by atoms with Crippen LogP contribution in [0.1, 0.15) is 19.3 Å². The molecule has 0 aromatic rings. The third-order valence-electron chi connectivity index (χ3n) is 3.07. The van der Waals surface area contributed by atoms with Gasteiger partial charge in [-0.2, -0.15) is 8.42 Å². The number of carbonyl (C=O) groups excluding carboxylic acids is 1. The number of hydrogen-bond acceptors (Lipinski definition) is 4. The van der Waals surface area contributed by atoms with Gasteiger partial charge in [-0.1, -0.05) is 6.08 Å². The minimum Gasteiger partial charge on any atom is -0.317 e. The molecule has 2 saturated carbocycles. The summed E-state index contributed by atoms with van der Waals surface area (Å²) in [4.78, 5) is 11.9. The Kier molecular flexibility index (Phi) is 2.37. The molecule has 6 nitrogen and oxygen atoms in total. The van der Waals surface area contributed by atoms with E-state index in [0.29, 0.717) is 23.6 Å². The fourth-order valence-corrected chi connectivity index (χ4v) is 2.78. The molecule has 0 bridgehead atoms. The first-order chi connectivity index (χ1) is 7.30. The lowest BCUT2D eigenvalue weighted by atomic mass is 10.2. The van der Waals surface area contributed by atoms with Crippen molar-refractivity contribution in [3.63, 3.8) is 0 Å². The summed E-state index contributed by atoms with van der Waals surface area (Å²) < 4.78 is 31.7. The van der Waals surface area contributed by atoms with Gasteiger partial charge in [0, 0.05) is 5.92 Å². The van der Waals surface area contributed by atoms with E-state index in [1.807, 2.05) is 0 Å².